The van der Waals surface area contributed by atoms with Crippen molar-refractivity contribution in [1.82, 2.24) is 29.9 Å². The highest BCUT2D eigenvalue weighted by Crippen LogP contribution is 2.23. The molecule has 0 atom stereocenters. The summed E-state index contributed by atoms with van der Waals surface area (Å²) in [5, 5.41) is 13.3. The Labute approximate surface area is 190 Å². The molecule has 0 unspecified atom stereocenters. The normalized spacial score (nSPS) is 11.1. The quantitative estimate of drug-likeness (QED) is 0.386. The third-order valence-electron chi connectivity index (χ3n) is 5.48. The summed E-state index contributed by atoms with van der Waals surface area (Å²) in [6.07, 6.45) is 3.47. The fraction of sp³-hybridized carbons (Fsp3) is 0.160. The molecule has 0 aliphatic carbocycles. The number of tetrazole rings is 1. The third kappa shape index (κ3) is 4.36. The van der Waals surface area contributed by atoms with Crippen molar-refractivity contribution in [2.24, 2.45) is 0 Å². The molecule has 0 radical (unpaired) electrons. The highest BCUT2D eigenvalue weighted by molar-refractivity contribution is 5.86. The van der Waals surface area contributed by atoms with Crippen LogP contribution in [0, 0.1) is 6.92 Å². The third-order valence-corrected chi connectivity index (χ3v) is 5.48. The minimum absolute atomic E-state index is 0.0712. The number of aryl methyl sites for hydroxylation is 1. The lowest BCUT2D eigenvalue weighted by atomic mass is 10.1. The van der Waals surface area contributed by atoms with Gasteiger partial charge in [0.05, 0.1) is 5.52 Å². The van der Waals surface area contributed by atoms with Gasteiger partial charge in [0.1, 0.15) is 5.75 Å². The highest BCUT2D eigenvalue weighted by Gasteiger charge is 2.19. The molecule has 0 N–H and O–H groups in total. The van der Waals surface area contributed by atoms with E-state index in [9.17, 15) is 4.79 Å². The van der Waals surface area contributed by atoms with Crippen LogP contribution in [-0.2, 0) is 17.9 Å². The molecule has 164 valence electrons. The Morgan fingerprint density at radius 3 is 2.73 bits per heavy atom. The monoisotopic (exact) mass is 438 g/mol. The number of fused-ring (bicyclic) bond motifs is 3. The molecule has 3 heterocycles. The van der Waals surface area contributed by atoms with E-state index in [0.717, 1.165) is 27.6 Å². The Kier molecular flexibility index (Phi) is 5.63. The van der Waals surface area contributed by atoms with Crippen LogP contribution in [0.4, 0.5) is 0 Å². The van der Waals surface area contributed by atoms with Gasteiger partial charge in [-0.05, 0) is 52.7 Å². The Morgan fingerprint density at radius 1 is 1.03 bits per heavy atom. The Balaban J connectivity index is 1.48. The number of benzene rings is 2. The molecular formula is C25H22N6O2. The zero-order valence-electron chi connectivity index (χ0n) is 18.1. The van der Waals surface area contributed by atoms with Crippen molar-refractivity contribution >= 4 is 22.5 Å². The number of hydrogen-bond donors (Lipinski definition) is 0. The van der Waals surface area contributed by atoms with Crippen LogP contribution in [0.25, 0.3) is 16.6 Å². The first-order chi connectivity index (χ1) is 16.2. The average molecular weight is 438 g/mol. The van der Waals surface area contributed by atoms with Gasteiger partial charge >= 0.3 is 0 Å². The van der Waals surface area contributed by atoms with Gasteiger partial charge in [-0.15, -0.1) is 5.10 Å². The number of carbonyl (C=O) groups excluding carboxylic acids is 1. The van der Waals surface area contributed by atoms with E-state index >= 15 is 0 Å². The summed E-state index contributed by atoms with van der Waals surface area (Å²) in [7, 11) is 0. The number of rotatable bonds is 7. The summed E-state index contributed by atoms with van der Waals surface area (Å²) in [4.78, 5) is 19.2. The van der Waals surface area contributed by atoms with Gasteiger partial charge < -0.3 is 9.64 Å². The molecule has 0 saturated heterocycles. The molecule has 5 aromatic rings. The number of aromatic nitrogens is 5. The van der Waals surface area contributed by atoms with Gasteiger partial charge in [-0.3, -0.25) is 9.78 Å². The maximum absolute atomic E-state index is 13.2. The Hall–Kier alpha value is -4.33. The van der Waals surface area contributed by atoms with E-state index in [-0.39, 0.29) is 12.5 Å². The van der Waals surface area contributed by atoms with E-state index in [1.807, 2.05) is 67.6 Å². The first-order valence-electron chi connectivity index (χ1n) is 10.6. The molecule has 3 aromatic heterocycles. The predicted octanol–water partition coefficient (Wildman–Crippen LogP) is 3.59. The topological polar surface area (TPSA) is 85.5 Å². The van der Waals surface area contributed by atoms with Gasteiger partial charge in [-0.25, -0.2) is 0 Å². The number of amides is 1. The van der Waals surface area contributed by atoms with Crippen LogP contribution in [0.2, 0.25) is 0 Å². The summed E-state index contributed by atoms with van der Waals surface area (Å²) in [6, 6.07) is 21.2. The second kappa shape index (κ2) is 9.04. The number of ether oxygens (including phenoxy) is 1. The lowest BCUT2D eigenvalue weighted by Gasteiger charge is -2.23. The fourth-order valence-electron chi connectivity index (χ4n) is 3.90. The second-order valence-electron chi connectivity index (χ2n) is 7.81. The molecule has 8 heteroatoms. The van der Waals surface area contributed by atoms with E-state index < -0.39 is 0 Å². The molecule has 0 bridgehead atoms. The molecule has 0 saturated carbocycles. The largest absolute Gasteiger partial charge is 0.484 e. The van der Waals surface area contributed by atoms with E-state index in [0.29, 0.717) is 24.5 Å². The first kappa shape index (κ1) is 20.6. The summed E-state index contributed by atoms with van der Waals surface area (Å²) < 4.78 is 7.47. The van der Waals surface area contributed by atoms with E-state index in [1.165, 1.54) is 0 Å². The zero-order chi connectivity index (χ0) is 22.6. The van der Waals surface area contributed by atoms with Crippen molar-refractivity contribution in [3.05, 3.63) is 95.8 Å². The summed E-state index contributed by atoms with van der Waals surface area (Å²) in [6.45, 7) is 2.69. The first-order valence-corrected chi connectivity index (χ1v) is 10.6. The fourth-order valence-corrected chi connectivity index (χ4v) is 3.90. The molecule has 0 fully saturated rings. The van der Waals surface area contributed by atoms with E-state index in [4.69, 9.17) is 4.74 Å². The van der Waals surface area contributed by atoms with Crippen LogP contribution in [0.15, 0.2) is 79.1 Å². The van der Waals surface area contributed by atoms with E-state index in [1.54, 1.807) is 21.8 Å². The number of carbonyl (C=O) groups is 1. The second-order valence-corrected chi connectivity index (χ2v) is 7.81. The van der Waals surface area contributed by atoms with Crippen molar-refractivity contribution in [1.29, 1.82) is 0 Å². The minimum atomic E-state index is -0.141. The van der Waals surface area contributed by atoms with Gasteiger partial charge in [0.25, 0.3) is 5.91 Å². The van der Waals surface area contributed by atoms with Crippen molar-refractivity contribution < 1.29 is 9.53 Å². The average Bonchev–Trinajstić information content (AvgIpc) is 3.34. The van der Waals surface area contributed by atoms with Crippen LogP contribution < -0.4 is 4.74 Å². The Morgan fingerprint density at radius 2 is 1.91 bits per heavy atom. The van der Waals surface area contributed by atoms with E-state index in [2.05, 4.69) is 26.6 Å². The minimum Gasteiger partial charge on any atom is -0.484 e. The van der Waals surface area contributed by atoms with Gasteiger partial charge in [-0.2, -0.15) is 4.52 Å². The van der Waals surface area contributed by atoms with Crippen LogP contribution in [0.3, 0.4) is 0 Å². The highest BCUT2D eigenvalue weighted by atomic mass is 16.5. The number of pyridine rings is 2. The molecule has 5 rings (SSSR count). The smallest absolute Gasteiger partial charge is 0.261 e. The van der Waals surface area contributed by atoms with Crippen LogP contribution in [-0.4, -0.2) is 42.4 Å². The van der Waals surface area contributed by atoms with Crippen LogP contribution in [0.5, 0.6) is 5.75 Å². The van der Waals surface area contributed by atoms with Gasteiger partial charge in [-0.1, -0.05) is 42.5 Å². The number of para-hydroxylation sites is 2. The lowest BCUT2D eigenvalue weighted by molar-refractivity contribution is -0.134. The molecule has 33 heavy (non-hydrogen) atoms. The Bertz CT molecular complexity index is 1400. The summed E-state index contributed by atoms with van der Waals surface area (Å²) in [5.74, 6) is 0.509. The predicted molar refractivity (Wildman–Crippen MR) is 123 cm³/mol. The van der Waals surface area contributed by atoms with Crippen molar-refractivity contribution in [2.45, 2.75) is 20.0 Å². The molecule has 0 aliphatic heterocycles. The summed E-state index contributed by atoms with van der Waals surface area (Å²) in [5.41, 5.74) is 4.45. The van der Waals surface area contributed by atoms with Gasteiger partial charge in [0.2, 0.25) is 0 Å². The number of nitrogens with zero attached hydrogens (tertiary/aromatic N) is 6. The molecule has 0 spiro atoms. The molecule has 0 aliphatic rings. The maximum atomic E-state index is 13.2. The van der Waals surface area contributed by atoms with Gasteiger partial charge in [0, 0.05) is 36.4 Å². The lowest BCUT2D eigenvalue weighted by Crippen LogP contribution is -2.34. The van der Waals surface area contributed by atoms with Crippen LogP contribution in [0.1, 0.15) is 16.7 Å². The van der Waals surface area contributed by atoms with Crippen molar-refractivity contribution in [3.8, 4) is 5.75 Å². The zero-order valence-corrected chi connectivity index (χ0v) is 18.1. The molecule has 1 amide bonds. The van der Waals surface area contributed by atoms with Gasteiger partial charge in [0.15, 0.2) is 12.3 Å². The number of hydrogen-bond acceptors (Lipinski definition) is 6. The molecule has 2 aromatic carbocycles. The SMILES string of the molecule is Cc1cccc2cc(CN(Cc3cccnc3)C(=O)COc3ccccc3)c3nnnn3c12. The van der Waals surface area contributed by atoms with Crippen molar-refractivity contribution in [3.63, 3.8) is 0 Å². The summed E-state index contributed by atoms with van der Waals surface area (Å²) >= 11 is 0. The standard InChI is InChI=1S/C25H22N6O2/c1-18-7-5-9-20-13-21(25-27-28-29-31(25)24(18)20)16-30(15-19-8-6-12-26-14-19)23(32)17-33-22-10-3-2-4-11-22/h2-14H,15-17H2,1H3. The molecular weight excluding hydrogens is 416 g/mol. The van der Waals surface area contributed by atoms with Crippen LogP contribution >= 0.6 is 0 Å². The van der Waals surface area contributed by atoms with Crippen molar-refractivity contribution in [2.75, 3.05) is 6.61 Å². The maximum Gasteiger partial charge on any atom is 0.261 e. The molecule has 8 nitrogen and oxygen atoms in total.